The molecule has 2 heterocycles. The zero-order valence-corrected chi connectivity index (χ0v) is 15.6. The van der Waals surface area contributed by atoms with Gasteiger partial charge < -0.3 is 20.1 Å². The number of amides is 3. The lowest BCUT2D eigenvalue weighted by atomic mass is 10.1. The van der Waals surface area contributed by atoms with E-state index in [0.29, 0.717) is 31.6 Å². The molecule has 1 aliphatic heterocycles. The highest BCUT2D eigenvalue weighted by atomic mass is 19.1. The molecule has 3 rings (SSSR count). The molecule has 28 heavy (non-hydrogen) atoms. The second-order valence-electron chi connectivity index (χ2n) is 6.49. The molecule has 1 aliphatic rings. The van der Waals surface area contributed by atoms with Gasteiger partial charge in [0.25, 0.3) is 5.91 Å². The predicted molar refractivity (Wildman–Crippen MR) is 99.9 cm³/mol. The summed E-state index contributed by atoms with van der Waals surface area (Å²) in [4.78, 5) is 26.4. The van der Waals surface area contributed by atoms with Crippen LogP contribution in [0.2, 0.25) is 0 Å². The molecule has 2 aromatic rings. The number of aliphatic hydroxyl groups excluding tert-OH is 1. The molecule has 0 bridgehead atoms. The third kappa shape index (κ3) is 4.39. The minimum absolute atomic E-state index is 0.0161. The first-order valence-electron chi connectivity index (χ1n) is 8.80. The number of aryl methyl sites for hydroxylation is 1. The predicted octanol–water partition coefficient (Wildman–Crippen LogP) is 1.81. The Balaban J connectivity index is 1.66. The van der Waals surface area contributed by atoms with Gasteiger partial charge in [-0.2, -0.15) is 5.10 Å². The zero-order valence-electron chi connectivity index (χ0n) is 15.6. The van der Waals surface area contributed by atoms with Crippen LogP contribution in [0, 0.1) is 5.82 Å². The SMILES string of the molecule is COc1cc(NC(=O)c2cc(NC(=O)N3CCC(O)CC3)nn2C)ccc1F. The number of anilines is 2. The number of carbonyl (C=O) groups excluding carboxylic acids is 2. The molecule has 1 saturated heterocycles. The zero-order chi connectivity index (χ0) is 20.3. The average molecular weight is 391 g/mol. The fraction of sp³-hybridized carbons (Fsp3) is 0.389. The third-order valence-electron chi connectivity index (χ3n) is 4.51. The summed E-state index contributed by atoms with van der Waals surface area (Å²) in [5, 5.41) is 18.9. The second-order valence-corrected chi connectivity index (χ2v) is 6.49. The molecule has 0 saturated carbocycles. The number of nitrogens with zero attached hydrogens (tertiary/aromatic N) is 3. The Morgan fingerprint density at radius 1 is 1.25 bits per heavy atom. The van der Waals surface area contributed by atoms with E-state index in [2.05, 4.69) is 15.7 Å². The third-order valence-corrected chi connectivity index (χ3v) is 4.51. The maximum atomic E-state index is 13.5. The minimum Gasteiger partial charge on any atom is -0.494 e. The van der Waals surface area contributed by atoms with Crippen molar-refractivity contribution in [2.45, 2.75) is 18.9 Å². The van der Waals surface area contributed by atoms with Gasteiger partial charge in [-0.25, -0.2) is 9.18 Å². The normalized spacial score (nSPS) is 14.6. The van der Waals surface area contributed by atoms with Crippen molar-refractivity contribution in [2.24, 2.45) is 7.05 Å². The number of rotatable bonds is 4. The first-order chi connectivity index (χ1) is 13.4. The van der Waals surface area contributed by atoms with E-state index in [1.165, 1.54) is 36.1 Å². The molecule has 1 fully saturated rings. The summed E-state index contributed by atoms with van der Waals surface area (Å²) < 4.78 is 19.7. The van der Waals surface area contributed by atoms with E-state index in [9.17, 15) is 19.1 Å². The topological polar surface area (TPSA) is 109 Å². The van der Waals surface area contributed by atoms with Gasteiger partial charge in [0.15, 0.2) is 17.4 Å². The van der Waals surface area contributed by atoms with E-state index in [4.69, 9.17) is 4.74 Å². The lowest BCUT2D eigenvalue weighted by Gasteiger charge is -2.29. The highest BCUT2D eigenvalue weighted by molar-refractivity contribution is 6.04. The number of carbonyl (C=O) groups is 2. The number of nitrogens with one attached hydrogen (secondary N) is 2. The molecule has 0 aliphatic carbocycles. The van der Waals surface area contributed by atoms with E-state index in [0.717, 1.165) is 0 Å². The standard InChI is InChI=1S/C18H22FN5O4/c1-23-14(17(26)20-11-3-4-13(19)15(9-11)28-2)10-16(22-23)21-18(27)24-7-5-12(25)6-8-24/h3-4,9-10,12,25H,5-8H2,1-2H3,(H,20,26)(H,21,22,27). The van der Waals surface area contributed by atoms with Gasteiger partial charge in [0, 0.05) is 38.0 Å². The minimum atomic E-state index is -0.531. The Morgan fingerprint density at radius 3 is 2.64 bits per heavy atom. The van der Waals surface area contributed by atoms with Crippen molar-refractivity contribution in [3.63, 3.8) is 0 Å². The Kier molecular flexibility index (Phi) is 5.78. The van der Waals surface area contributed by atoms with E-state index in [1.54, 1.807) is 11.9 Å². The molecular weight excluding hydrogens is 369 g/mol. The number of hydrogen-bond donors (Lipinski definition) is 3. The summed E-state index contributed by atoms with van der Waals surface area (Å²) in [5.41, 5.74) is 0.578. The van der Waals surface area contributed by atoms with E-state index in [1.807, 2.05) is 0 Å². The van der Waals surface area contributed by atoms with Gasteiger partial charge in [-0.3, -0.25) is 14.8 Å². The van der Waals surface area contributed by atoms with Crippen molar-refractivity contribution in [1.29, 1.82) is 0 Å². The van der Waals surface area contributed by atoms with E-state index < -0.39 is 11.7 Å². The lowest BCUT2D eigenvalue weighted by Crippen LogP contribution is -2.42. The first-order valence-corrected chi connectivity index (χ1v) is 8.80. The summed E-state index contributed by atoms with van der Waals surface area (Å²) >= 11 is 0. The van der Waals surface area contributed by atoms with Gasteiger partial charge in [0.1, 0.15) is 5.69 Å². The number of benzene rings is 1. The fourth-order valence-electron chi connectivity index (χ4n) is 2.93. The van der Waals surface area contributed by atoms with Crippen molar-refractivity contribution < 1.29 is 23.8 Å². The summed E-state index contributed by atoms with van der Waals surface area (Å²) in [6, 6.07) is 5.10. The smallest absolute Gasteiger partial charge is 0.323 e. The molecule has 0 atom stereocenters. The molecular formula is C18H22FN5O4. The molecule has 1 aromatic carbocycles. The Labute approximate surface area is 161 Å². The molecule has 150 valence electrons. The van der Waals surface area contributed by atoms with E-state index >= 15 is 0 Å². The van der Waals surface area contributed by atoms with Gasteiger partial charge in [-0.15, -0.1) is 0 Å². The summed E-state index contributed by atoms with van der Waals surface area (Å²) in [6.45, 7) is 0.916. The van der Waals surface area contributed by atoms with Crippen LogP contribution in [0.3, 0.4) is 0 Å². The van der Waals surface area contributed by atoms with Crippen molar-refractivity contribution in [2.75, 3.05) is 30.8 Å². The quantitative estimate of drug-likeness (QED) is 0.737. The largest absolute Gasteiger partial charge is 0.494 e. The number of likely N-dealkylation sites (tertiary alicyclic amines) is 1. The van der Waals surface area contributed by atoms with Crippen molar-refractivity contribution in [3.05, 3.63) is 35.8 Å². The lowest BCUT2D eigenvalue weighted by molar-refractivity contribution is 0.0970. The Hall–Kier alpha value is -3.14. The van der Waals surface area contributed by atoms with Gasteiger partial charge in [0.05, 0.1) is 13.2 Å². The highest BCUT2D eigenvalue weighted by Gasteiger charge is 2.22. The average Bonchev–Trinajstić information content (AvgIpc) is 3.04. The van der Waals surface area contributed by atoms with Crippen LogP contribution >= 0.6 is 0 Å². The van der Waals surface area contributed by atoms with Crippen LogP contribution in [0.25, 0.3) is 0 Å². The monoisotopic (exact) mass is 391 g/mol. The van der Waals surface area contributed by atoms with Crippen LogP contribution in [-0.2, 0) is 7.05 Å². The number of methoxy groups -OCH3 is 1. The number of hydrogen-bond acceptors (Lipinski definition) is 5. The van der Waals surface area contributed by atoms with Crippen LogP contribution in [0.1, 0.15) is 23.3 Å². The molecule has 0 radical (unpaired) electrons. The Morgan fingerprint density at radius 2 is 1.96 bits per heavy atom. The van der Waals surface area contributed by atoms with Gasteiger partial charge in [-0.05, 0) is 25.0 Å². The second kappa shape index (κ2) is 8.26. The number of aliphatic hydroxyl groups is 1. The molecule has 9 nitrogen and oxygen atoms in total. The van der Waals surface area contributed by atoms with Crippen LogP contribution in [0.15, 0.2) is 24.3 Å². The van der Waals surface area contributed by atoms with Crippen molar-refractivity contribution >= 4 is 23.4 Å². The number of ether oxygens (including phenoxy) is 1. The molecule has 0 spiro atoms. The van der Waals surface area contributed by atoms with Crippen LogP contribution in [0.5, 0.6) is 5.75 Å². The summed E-state index contributed by atoms with van der Waals surface area (Å²) in [7, 11) is 2.91. The number of halogens is 1. The summed E-state index contributed by atoms with van der Waals surface area (Å²) in [5.74, 6) is -0.746. The number of aromatic nitrogens is 2. The maximum Gasteiger partial charge on any atom is 0.323 e. The summed E-state index contributed by atoms with van der Waals surface area (Å²) in [6.07, 6.45) is 0.689. The van der Waals surface area contributed by atoms with Gasteiger partial charge in [-0.1, -0.05) is 0 Å². The van der Waals surface area contributed by atoms with Gasteiger partial charge in [0.2, 0.25) is 0 Å². The maximum absolute atomic E-state index is 13.5. The molecule has 3 amide bonds. The van der Waals surface area contributed by atoms with Crippen LogP contribution < -0.4 is 15.4 Å². The van der Waals surface area contributed by atoms with Gasteiger partial charge >= 0.3 is 6.03 Å². The van der Waals surface area contributed by atoms with Crippen LogP contribution in [0.4, 0.5) is 20.7 Å². The number of piperidine rings is 1. The molecule has 3 N–H and O–H groups in total. The molecule has 1 aromatic heterocycles. The number of urea groups is 1. The highest BCUT2D eigenvalue weighted by Crippen LogP contribution is 2.22. The Bertz CT molecular complexity index is 877. The van der Waals surface area contributed by atoms with Crippen LogP contribution in [-0.4, -0.2) is 58.0 Å². The molecule has 10 heteroatoms. The van der Waals surface area contributed by atoms with Crippen molar-refractivity contribution in [1.82, 2.24) is 14.7 Å². The van der Waals surface area contributed by atoms with Crippen molar-refractivity contribution in [3.8, 4) is 5.75 Å². The van der Waals surface area contributed by atoms with E-state index in [-0.39, 0.29) is 29.4 Å². The fourth-order valence-corrected chi connectivity index (χ4v) is 2.93. The first kappa shape index (κ1) is 19.6. The molecule has 0 unspecified atom stereocenters.